The molecule has 1 aliphatic carbocycles. The number of rotatable bonds is 4. The van der Waals surface area contributed by atoms with Crippen LogP contribution in [-0.4, -0.2) is 20.2 Å². The molecule has 1 atom stereocenters. The largest absolute Gasteiger partial charge is 0.381 e. The van der Waals surface area contributed by atoms with Gasteiger partial charge in [0.1, 0.15) is 0 Å². The number of ketones is 1. The highest BCUT2D eigenvalue weighted by Crippen LogP contribution is 2.35. The number of benzene rings is 2. The van der Waals surface area contributed by atoms with Crippen molar-refractivity contribution in [1.29, 1.82) is 0 Å². The second-order valence-electron chi connectivity index (χ2n) is 7.72. The van der Waals surface area contributed by atoms with E-state index < -0.39 is 10.0 Å². The highest BCUT2D eigenvalue weighted by molar-refractivity contribution is 7.92. The zero-order valence-electron chi connectivity index (χ0n) is 15.8. The summed E-state index contributed by atoms with van der Waals surface area (Å²) >= 11 is 11.8. The molecule has 2 aliphatic rings. The molecule has 2 N–H and O–H groups in total. The third-order valence-corrected chi connectivity index (χ3v) is 7.86. The third kappa shape index (κ3) is 4.39. The van der Waals surface area contributed by atoms with Crippen LogP contribution in [0.2, 0.25) is 10.0 Å². The lowest BCUT2D eigenvalue weighted by atomic mass is 9.80. The van der Waals surface area contributed by atoms with Gasteiger partial charge in [-0.15, -0.1) is 0 Å². The van der Waals surface area contributed by atoms with E-state index in [0.717, 1.165) is 12.8 Å². The first-order valence-electron chi connectivity index (χ1n) is 9.75. The predicted molar refractivity (Wildman–Crippen MR) is 117 cm³/mol. The molecule has 0 aromatic heterocycles. The van der Waals surface area contributed by atoms with Crippen molar-refractivity contribution in [2.75, 3.05) is 10.0 Å². The molecular formula is C21H22Cl2N2O3S. The van der Waals surface area contributed by atoms with E-state index in [0.29, 0.717) is 34.3 Å². The second-order valence-corrected chi connectivity index (χ2v) is 10.2. The fourth-order valence-corrected chi connectivity index (χ4v) is 5.58. The molecule has 0 bridgehead atoms. The highest BCUT2D eigenvalue weighted by Gasteiger charge is 2.32. The molecule has 1 aliphatic heterocycles. The molecule has 0 spiro atoms. The lowest BCUT2D eigenvalue weighted by Gasteiger charge is -2.34. The summed E-state index contributed by atoms with van der Waals surface area (Å²) in [6, 6.07) is 9.28. The number of nitrogens with one attached hydrogen (secondary N) is 2. The van der Waals surface area contributed by atoms with Crippen molar-refractivity contribution >= 4 is 50.4 Å². The van der Waals surface area contributed by atoms with Crippen molar-refractivity contribution in [3.05, 3.63) is 52.0 Å². The van der Waals surface area contributed by atoms with Crippen LogP contribution in [0, 0.1) is 5.92 Å². The minimum atomic E-state index is -3.87. The number of Topliss-reactive ketones (excluding diaryl/α,β-unsaturated/α-hetero) is 1. The van der Waals surface area contributed by atoms with E-state index in [1.54, 1.807) is 6.07 Å². The van der Waals surface area contributed by atoms with E-state index in [-0.39, 0.29) is 21.7 Å². The first-order chi connectivity index (χ1) is 13.8. The van der Waals surface area contributed by atoms with Gasteiger partial charge in [0.2, 0.25) is 0 Å². The van der Waals surface area contributed by atoms with E-state index in [9.17, 15) is 13.2 Å². The molecule has 2 aromatic carbocycles. The number of halogens is 2. The Morgan fingerprint density at radius 3 is 2.45 bits per heavy atom. The van der Waals surface area contributed by atoms with Crippen LogP contribution >= 0.6 is 23.2 Å². The summed E-state index contributed by atoms with van der Waals surface area (Å²) in [4.78, 5) is 12.8. The topological polar surface area (TPSA) is 75.3 Å². The summed E-state index contributed by atoms with van der Waals surface area (Å²) in [7, 11) is -3.87. The van der Waals surface area contributed by atoms with Crippen molar-refractivity contribution in [1.82, 2.24) is 0 Å². The van der Waals surface area contributed by atoms with E-state index in [1.807, 2.05) is 0 Å². The van der Waals surface area contributed by atoms with E-state index in [4.69, 9.17) is 23.2 Å². The van der Waals surface area contributed by atoms with Crippen LogP contribution in [0.15, 0.2) is 41.3 Å². The number of carbonyl (C=O) groups is 1. The van der Waals surface area contributed by atoms with Gasteiger partial charge in [-0.1, -0.05) is 42.5 Å². The van der Waals surface area contributed by atoms with Crippen LogP contribution in [0.1, 0.15) is 48.9 Å². The number of carbonyl (C=O) groups excluding carboxylic acids is 1. The Bertz CT molecular complexity index is 1050. The van der Waals surface area contributed by atoms with E-state index in [1.165, 1.54) is 49.6 Å². The Hall–Kier alpha value is -1.76. The van der Waals surface area contributed by atoms with E-state index >= 15 is 0 Å². The highest BCUT2D eigenvalue weighted by atomic mass is 35.5. The summed E-state index contributed by atoms with van der Waals surface area (Å²) in [5.41, 5.74) is 1.44. The molecule has 1 fully saturated rings. The molecule has 5 nitrogen and oxygen atoms in total. The Kier molecular flexibility index (Phi) is 5.78. The second kappa shape index (κ2) is 8.17. The zero-order chi connectivity index (χ0) is 20.6. The van der Waals surface area contributed by atoms with Crippen LogP contribution in [0.5, 0.6) is 0 Å². The Labute approximate surface area is 180 Å². The van der Waals surface area contributed by atoms with Gasteiger partial charge in [0.25, 0.3) is 10.0 Å². The van der Waals surface area contributed by atoms with Crippen LogP contribution in [0.4, 0.5) is 11.4 Å². The average Bonchev–Trinajstić information content (AvgIpc) is 2.71. The first-order valence-corrected chi connectivity index (χ1v) is 12.0. The molecule has 0 amide bonds. The smallest absolute Gasteiger partial charge is 0.261 e. The molecule has 29 heavy (non-hydrogen) atoms. The van der Waals surface area contributed by atoms with Crippen LogP contribution in [0.25, 0.3) is 0 Å². The first kappa shape index (κ1) is 20.5. The van der Waals surface area contributed by atoms with Crippen molar-refractivity contribution in [3.8, 4) is 0 Å². The van der Waals surface area contributed by atoms with Gasteiger partial charge in [-0.3, -0.25) is 9.52 Å². The number of sulfonamides is 1. The quantitative estimate of drug-likeness (QED) is 0.619. The lowest BCUT2D eigenvalue weighted by molar-refractivity contribution is 0.0957. The lowest BCUT2D eigenvalue weighted by Crippen LogP contribution is -2.36. The van der Waals surface area contributed by atoms with Gasteiger partial charge in [-0.2, -0.15) is 0 Å². The van der Waals surface area contributed by atoms with Crippen LogP contribution in [-0.2, 0) is 10.0 Å². The van der Waals surface area contributed by atoms with E-state index in [2.05, 4.69) is 10.0 Å². The number of hydrogen-bond acceptors (Lipinski definition) is 4. The summed E-state index contributed by atoms with van der Waals surface area (Å²) in [6.07, 6.45) is 6.37. The van der Waals surface area contributed by atoms with Crippen molar-refractivity contribution in [2.45, 2.75) is 49.5 Å². The molecule has 0 saturated heterocycles. The van der Waals surface area contributed by atoms with Gasteiger partial charge in [-0.05, 0) is 55.2 Å². The Morgan fingerprint density at radius 1 is 0.966 bits per heavy atom. The standard InChI is InChI=1S/C21H22Cl2N2O3S/c22-17-8-6-14(10-18(17)23)25-29(27,28)15-7-9-19-16(11-15)21(26)12-20(24-19)13-4-2-1-3-5-13/h6-11,13,20,24-25H,1-5,12H2. The molecule has 1 heterocycles. The zero-order valence-corrected chi connectivity index (χ0v) is 18.1. The van der Waals surface area contributed by atoms with Gasteiger partial charge in [-0.25, -0.2) is 8.42 Å². The maximum absolute atomic E-state index is 12.8. The molecular weight excluding hydrogens is 431 g/mol. The average molecular weight is 453 g/mol. The molecule has 2 aromatic rings. The summed E-state index contributed by atoms with van der Waals surface area (Å²) in [5.74, 6) is 0.487. The maximum atomic E-state index is 12.8. The summed E-state index contributed by atoms with van der Waals surface area (Å²) < 4.78 is 28.0. The van der Waals surface area contributed by atoms with Gasteiger partial charge in [0.15, 0.2) is 5.78 Å². The molecule has 8 heteroatoms. The molecule has 154 valence electrons. The molecule has 0 radical (unpaired) electrons. The number of fused-ring (bicyclic) bond motifs is 1. The third-order valence-electron chi connectivity index (χ3n) is 5.74. The monoisotopic (exact) mass is 452 g/mol. The maximum Gasteiger partial charge on any atom is 0.261 e. The predicted octanol–water partition coefficient (Wildman–Crippen LogP) is 5.74. The van der Waals surface area contributed by atoms with Gasteiger partial charge >= 0.3 is 0 Å². The van der Waals surface area contributed by atoms with Gasteiger partial charge in [0.05, 0.1) is 20.6 Å². The normalized spacial score (nSPS) is 20.1. The minimum Gasteiger partial charge on any atom is -0.381 e. The van der Waals surface area contributed by atoms with Crippen molar-refractivity contribution in [3.63, 3.8) is 0 Å². The van der Waals surface area contributed by atoms with Crippen LogP contribution < -0.4 is 10.0 Å². The SMILES string of the molecule is O=C1CC(C2CCCCC2)Nc2ccc(S(=O)(=O)Nc3ccc(Cl)c(Cl)c3)cc21. The minimum absolute atomic E-state index is 0.0130. The fraction of sp³-hybridized carbons (Fsp3) is 0.381. The van der Waals surface area contributed by atoms with Crippen molar-refractivity contribution < 1.29 is 13.2 Å². The van der Waals surface area contributed by atoms with Gasteiger partial charge < -0.3 is 5.32 Å². The fourth-order valence-electron chi connectivity index (χ4n) is 4.20. The Morgan fingerprint density at radius 2 is 1.72 bits per heavy atom. The van der Waals surface area contributed by atoms with Crippen molar-refractivity contribution in [2.24, 2.45) is 5.92 Å². The summed E-state index contributed by atoms with van der Waals surface area (Å²) in [5, 5.41) is 4.07. The Balaban J connectivity index is 1.56. The van der Waals surface area contributed by atoms with Crippen LogP contribution in [0.3, 0.4) is 0 Å². The molecule has 1 unspecified atom stereocenters. The van der Waals surface area contributed by atoms with Gasteiger partial charge in [0, 0.05) is 23.7 Å². The summed E-state index contributed by atoms with van der Waals surface area (Å²) in [6.45, 7) is 0. The number of anilines is 2. The molecule has 4 rings (SSSR count). The number of hydrogen-bond donors (Lipinski definition) is 2. The molecule has 1 saturated carbocycles.